The number of hydrogen-bond acceptors (Lipinski definition) is 2. The van der Waals surface area contributed by atoms with Crippen LogP contribution in [0.5, 0.6) is 0 Å². The molecule has 0 bridgehead atoms. The van der Waals surface area contributed by atoms with Crippen molar-refractivity contribution in [2.24, 2.45) is 0 Å². The van der Waals surface area contributed by atoms with E-state index >= 15 is 0 Å². The average molecular weight is 476 g/mol. The first-order chi connectivity index (χ1) is 17.2. The van der Waals surface area contributed by atoms with Crippen LogP contribution < -0.4 is 26.9 Å². The zero-order chi connectivity index (χ0) is 24.1. The number of allylic oxidation sites excluding steroid dienone is 1. The van der Waals surface area contributed by atoms with E-state index in [9.17, 15) is 9.59 Å². The Kier molecular flexibility index (Phi) is 6.28. The molecule has 6 heteroatoms. The van der Waals surface area contributed by atoms with Crippen LogP contribution in [0.25, 0.3) is 5.69 Å². The minimum Gasteiger partial charge on any atom is -0.246 e. The molecule has 35 heavy (non-hydrogen) atoms. The number of H-pyrrole nitrogens is 1. The molecule has 0 spiro atoms. The Morgan fingerprint density at radius 2 is 1.06 bits per heavy atom. The minimum absolute atomic E-state index is 0.259. The molecule has 0 saturated carbocycles. The van der Waals surface area contributed by atoms with Gasteiger partial charge in [-0.2, -0.15) is 0 Å². The predicted molar refractivity (Wildman–Crippen MR) is 144 cm³/mol. The van der Waals surface area contributed by atoms with Gasteiger partial charge in [-0.1, -0.05) is 121 Å². The number of hydrogen-bond donors (Lipinski definition) is 1. The largest absolute Gasteiger partial charge is 0.351 e. The molecule has 0 atom stereocenters. The maximum Gasteiger partial charge on any atom is 0.351 e. The first-order valence-corrected chi connectivity index (χ1v) is 13.6. The van der Waals surface area contributed by atoms with E-state index < -0.39 is 19.5 Å². The Balaban J connectivity index is 1.61. The molecule has 0 radical (unpaired) electrons. The lowest BCUT2D eigenvalue weighted by atomic mass is 10.3. The molecule has 5 rings (SSSR count). The third kappa shape index (κ3) is 4.27. The summed E-state index contributed by atoms with van der Waals surface area (Å²) >= 11 is 0. The van der Waals surface area contributed by atoms with Gasteiger partial charge in [0.15, 0.2) is 8.07 Å². The highest BCUT2D eigenvalue weighted by Crippen LogP contribution is 2.10. The third-order valence-electron chi connectivity index (χ3n) is 6.21. The van der Waals surface area contributed by atoms with Crippen LogP contribution in [-0.2, 0) is 6.54 Å². The molecule has 0 saturated heterocycles. The van der Waals surface area contributed by atoms with E-state index in [1.54, 1.807) is 24.3 Å². The van der Waals surface area contributed by atoms with Gasteiger partial charge < -0.3 is 0 Å². The first kappa shape index (κ1) is 22.4. The van der Waals surface area contributed by atoms with Crippen LogP contribution in [0, 0.1) is 0 Å². The molecule has 5 aromatic rings. The van der Waals surface area contributed by atoms with E-state index in [1.807, 2.05) is 30.3 Å². The summed E-state index contributed by atoms with van der Waals surface area (Å²) in [5, 5.41) is 6.43. The maximum atomic E-state index is 13.0. The van der Waals surface area contributed by atoms with E-state index in [4.69, 9.17) is 0 Å². The molecule has 0 aliphatic heterocycles. The summed E-state index contributed by atoms with van der Waals surface area (Å²) in [5.41, 5.74) is 1.96. The number of nitrogens with one attached hydrogen (secondary N) is 1. The van der Waals surface area contributed by atoms with Crippen LogP contribution in [0.2, 0.25) is 0 Å². The fraction of sp³-hybridized carbons (Fsp3) is 0.0345. The fourth-order valence-electron chi connectivity index (χ4n) is 4.58. The van der Waals surface area contributed by atoms with Crippen LogP contribution >= 0.6 is 0 Å². The molecule has 0 aliphatic carbocycles. The van der Waals surface area contributed by atoms with Crippen molar-refractivity contribution < 1.29 is 0 Å². The van der Waals surface area contributed by atoms with Crippen molar-refractivity contribution in [3.8, 4) is 5.69 Å². The van der Waals surface area contributed by atoms with Gasteiger partial charge in [0, 0.05) is 0 Å². The molecule has 1 N–H and O–H groups in total. The second kappa shape index (κ2) is 9.83. The molecular weight excluding hydrogens is 450 g/mol. The van der Waals surface area contributed by atoms with E-state index in [-0.39, 0.29) is 6.54 Å². The number of aromatic amines is 1. The van der Waals surface area contributed by atoms with Gasteiger partial charge >= 0.3 is 11.4 Å². The van der Waals surface area contributed by atoms with Crippen molar-refractivity contribution in [3.63, 3.8) is 0 Å². The number of nitrogens with zero attached hydrogens (tertiary/aromatic N) is 2. The summed E-state index contributed by atoms with van der Waals surface area (Å²) in [6.45, 7) is 0.259. The lowest BCUT2D eigenvalue weighted by Gasteiger charge is -2.30. The Labute approximate surface area is 204 Å². The van der Waals surface area contributed by atoms with Gasteiger partial charge in [-0.15, -0.1) is 0 Å². The average Bonchev–Trinajstić information content (AvgIpc) is 3.21. The van der Waals surface area contributed by atoms with Crippen molar-refractivity contribution in [1.29, 1.82) is 0 Å². The lowest BCUT2D eigenvalue weighted by molar-refractivity contribution is 0.664. The molecule has 1 aromatic heterocycles. The van der Waals surface area contributed by atoms with E-state index in [0.717, 1.165) is 4.57 Å². The van der Waals surface area contributed by atoms with E-state index in [2.05, 4.69) is 83.6 Å². The Bertz CT molecular complexity index is 1440. The van der Waals surface area contributed by atoms with Crippen LogP contribution in [0.15, 0.2) is 143 Å². The molecule has 1 heterocycles. The lowest BCUT2D eigenvalue weighted by Crippen LogP contribution is -2.66. The Hall–Kier alpha value is -4.42. The van der Waals surface area contributed by atoms with E-state index in [1.165, 1.54) is 20.2 Å². The number of benzene rings is 4. The third-order valence-corrected chi connectivity index (χ3v) is 10.7. The highest BCUT2D eigenvalue weighted by molar-refractivity contribution is 7.14. The maximum absolute atomic E-state index is 13.0. The SMILES string of the molecule is O=c1[nH]n(C/C=C/[Si](c2ccccc2)(c2ccccc2)c2ccccc2)c(=O)n1-c1ccccc1. The quantitative estimate of drug-likeness (QED) is 0.291. The smallest absolute Gasteiger partial charge is 0.246 e. The number of para-hydroxylation sites is 1. The van der Waals surface area contributed by atoms with Gasteiger partial charge in [0.25, 0.3) is 0 Å². The predicted octanol–water partition coefficient (Wildman–Crippen LogP) is 2.59. The van der Waals surface area contributed by atoms with Crippen LogP contribution in [0.1, 0.15) is 0 Å². The zero-order valence-electron chi connectivity index (χ0n) is 19.1. The summed E-state index contributed by atoms with van der Waals surface area (Å²) in [6, 6.07) is 40.5. The van der Waals surface area contributed by atoms with E-state index in [0.29, 0.717) is 5.69 Å². The van der Waals surface area contributed by atoms with Crippen molar-refractivity contribution in [1.82, 2.24) is 14.3 Å². The molecular formula is C29H25N3O2Si. The van der Waals surface area contributed by atoms with Gasteiger partial charge in [-0.05, 0) is 27.7 Å². The standard InChI is InChI=1S/C29H25N3O2Si/c33-28-30-31(29(34)32(28)24-14-5-1-6-15-24)22-13-23-35(25-16-7-2-8-17-25,26-18-9-3-10-19-26)27-20-11-4-12-21-27/h1-21,23H,22H2,(H,30,33)/b23-13+. The highest BCUT2D eigenvalue weighted by Gasteiger charge is 2.36. The summed E-state index contributed by atoms with van der Waals surface area (Å²) in [5.74, 6) is 0. The second-order valence-electron chi connectivity index (χ2n) is 8.29. The first-order valence-electron chi connectivity index (χ1n) is 11.5. The summed E-state index contributed by atoms with van der Waals surface area (Å²) in [7, 11) is -2.56. The van der Waals surface area contributed by atoms with Crippen LogP contribution in [0.3, 0.4) is 0 Å². The number of aromatic nitrogens is 3. The van der Waals surface area contributed by atoms with Crippen molar-refractivity contribution >= 4 is 23.6 Å². The monoisotopic (exact) mass is 475 g/mol. The van der Waals surface area contributed by atoms with Gasteiger partial charge in [-0.25, -0.2) is 23.9 Å². The zero-order valence-corrected chi connectivity index (χ0v) is 20.1. The van der Waals surface area contributed by atoms with Crippen molar-refractivity contribution in [2.75, 3.05) is 0 Å². The Morgan fingerprint density at radius 1 is 0.629 bits per heavy atom. The summed E-state index contributed by atoms with van der Waals surface area (Å²) in [4.78, 5) is 25.6. The molecule has 0 aliphatic rings. The summed E-state index contributed by atoms with van der Waals surface area (Å²) < 4.78 is 2.51. The normalized spacial score (nSPS) is 11.7. The van der Waals surface area contributed by atoms with Crippen molar-refractivity contribution in [2.45, 2.75) is 6.54 Å². The number of rotatable bonds is 7. The van der Waals surface area contributed by atoms with Gasteiger partial charge in [0.1, 0.15) is 0 Å². The van der Waals surface area contributed by atoms with Gasteiger partial charge in [-0.3, -0.25) is 0 Å². The molecule has 0 unspecified atom stereocenters. The van der Waals surface area contributed by atoms with Gasteiger partial charge in [0.05, 0.1) is 12.2 Å². The van der Waals surface area contributed by atoms with Crippen molar-refractivity contribution in [3.05, 3.63) is 154 Å². The second-order valence-corrected chi connectivity index (χ2v) is 12.0. The highest BCUT2D eigenvalue weighted by atomic mass is 28.3. The molecule has 172 valence electrons. The molecule has 0 fully saturated rings. The minimum atomic E-state index is -2.56. The topological polar surface area (TPSA) is 59.8 Å². The Morgan fingerprint density at radius 3 is 1.51 bits per heavy atom. The van der Waals surface area contributed by atoms with Crippen LogP contribution in [-0.4, -0.2) is 22.4 Å². The van der Waals surface area contributed by atoms with Gasteiger partial charge in [0.2, 0.25) is 0 Å². The van der Waals surface area contributed by atoms with Crippen LogP contribution in [0.4, 0.5) is 0 Å². The summed E-state index contributed by atoms with van der Waals surface area (Å²) in [6.07, 6.45) is 2.01. The molecule has 4 aromatic carbocycles. The molecule has 0 amide bonds. The molecule has 5 nitrogen and oxygen atoms in total. The fourth-order valence-corrected chi connectivity index (χ4v) is 8.77.